The van der Waals surface area contributed by atoms with Crippen LogP contribution < -0.4 is 5.32 Å². The second kappa shape index (κ2) is 6.78. The molecule has 4 heteroatoms. The van der Waals surface area contributed by atoms with Crippen LogP contribution in [0.25, 0.3) is 0 Å². The minimum absolute atomic E-state index is 0.727. The number of hydrogen-bond acceptors (Lipinski definition) is 4. The van der Waals surface area contributed by atoms with Gasteiger partial charge in [-0.2, -0.15) is 0 Å². The van der Waals surface area contributed by atoms with Crippen molar-refractivity contribution in [1.82, 2.24) is 9.80 Å². The Morgan fingerprint density at radius 1 is 1.05 bits per heavy atom. The normalized spacial score (nSPS) is 17.0. The van der Waals surface area contributed by atoms with E-state index in [1.165, 1.54) is 18.7 Å². The summed E-state index contributed by atoms with van der Waals surface area (Å²) in [5, 5.41) is 3.37. The monoisotopic (exact) mass is 285 g/mol. The lowest BCUT2D eigenvalue weighted by Gasteiger charge is -2.32. The van der Waals surface area contributed by atoms with E-state index in [4.69, 9.17) is 4.42 Å². The molecule has 1 aliphatic rings. The Labute approximate surface area is 126 Å². The van der Waals surface area contributed by atoms with Gasteiger partial charge in [-0.05, 0) is 36.9 Å². The Bertz CT molecular complexity index is 528. The second-order valence-corrected chi connectivity index (χ2v) is 5.71. The highest BCUT2D eigenvalue weighted by atomic mass is 16.3. The molecular formula is C17H23N3O. The van der Waals surface area contributed by atoms with E-state index in [0.29, 0.717) is 0 Å². The lowest BCUT2D eigenvalue weighted by atomic mass is 10.2. The quantitative estimate of drug-likeness (QED) is 0.915. The molecule has 4 nitrogen and oxygen atoms in total. The first kappa shape index (κ1) is 14.2. The molecule has 0 unspecified atom stereocenters. The molecule has 0 aliphatic carbocycles. The van der Waals surface area contributed by atoms with Gasteiger partial charge < -0.3 is 14.6 Å². The van der Waals surface area contributed by atoms with Gasteiger partial charge in [0.25, 0.3) is 0 Å². The molecule has 1 saturated heterocycles. The number of nitrogens with zero attached hydrogens (tertiary/aromatic N) is 2. The SMILES string of the molecule is CN1CCN(Cc2ccc(NCc3ccco3)cc2)CC1. The van der Waals surface area contributed by atoms with Crippen molar-refractivity contribution < 1.29 is 4.42 Å². The van der Waals surface area contributed by atoms with Crippen LogP contribution in [-0.4, -0.2) is 43.0 Å². The summed E-state index contributed by atoms with van der Waals surface area (Å²) < 4.78 is 5.31. The summed E-state index contributed by atoms with van der Waals surface area (Å²) >= 11 is 0. The molecule has 1 aliphatic heterocycles. The third-order valence-corrected chi connectivity index (χ3v) is 4.00. The van der Waals surface area contributed by atoms with Gasteiger partial charge in [0.05, 0.1) is 12.8 Å². The molecular weight excluding hydrogens is 262 g/mol. The summed E-state index contributed by atoms with van der Waals surface area (Å²) in [6.45, 7) is 6.44. The molecule has 2 heterocycles. The van der Waals surface area contributed by atoms with Crippen LogP contribution in [0.2, 0.25) is 0 Å². The van der Waals surface area contributed by atoms with Crippen LogP contribution in [0.15, 0.2) is 47.1 Å². The Morgan fingerprint density at radius 3 is 2.48 bits per heavy atom. The predicted octanol–water partition coefficient (Wildman–Crippen LogP) is 2.64. The molecule has 2 aromatic rings. The van der Waals surface area contributed by atoms with Crippen molar-refractivity contribution in [3.05, 3.63) is 54.0 Å². The second-order valence-electron chi connectivity index (χ2n) is 5.71. The van der Waals surface area contributed by atoms with Gasteiger partial charge in [0, 0.05) is 38.4 Å². The van der Waals surface area contributed by atoms with Crippen molar-refractivity contribution in [3.63, 3.8) is 0 Å². The summed E-state index contributed by atoms with van der Waals surface area (Å²) in [5.41, 5.74) is 2.51. The van der Waals surface area contributed by atoms with Crippen molar-refractivity contribution in [1.29, 1.82) is 0 Å². The fourth-order valence-corrected chi connectivity index (χ4v) is 2.59. The van der Waals surface area contributed by atoms with Gasteiger partial charge in [-0.1, -0.05) is 12.1 Å². The Hall–Kier alpha value is -1.78. The third-order valence-electron chi connectivity index (χ3n) is 4.00. The minimum atomic E-state index is 0.727. The summed E-state index contributed by atoms with van der Waals surface area (Å²) in [5.74, 6) is 0.955. The molecule has 0 spiro atoms. The van der Waals surface area contributed by atoms with Crippen LogP contribution in [0.4, 0.5) is 5.69 Å². The number of nitrogens with one attached hydrogen (secondary N) is 1. The number of likely N-dealkylation sites (N-methyl/N-ethyl adjacent to an activating group) is 1. The number of rotatable bonds is 5. The first-order valence-corrected chi connectivity index (χ1v) is 7.56. The topological polar surface area (TPSA) is 31.6 Å². The van der Waals surface area contributed by atoms with E-state index in [1.54, 1.807) is 6.26 Å². The lowest BCUT2D eigenvalue weighted by Crippen LogP contribution is -2.43. The molecule has 0 amide bonds. The number of anilines is 1. The maximum atomic E-state index is 5.31. The molecule has 3 rings (SSSR count). The molecule has 0 atom stereocenters. The molecule has 21 heavy (non-hydrogen) atoms. The van der Waals surface area contributed by atoms with Crippen LogP contribution in [0.5, 0.6) is 0 Å². The summed E-state index contributed by atoms with van der Waals surface area (Å²) in [6, 6.07) is 12.6. The highest BCUT2D eigenvalue weighted by Crippen LogP contribution is 2.14. The highest BCUT2D eigenvalue weighted by molar-refractivity contribution is 5.44. The largest absolute Gasteiger partial charge is 0.467 e. The number of hydrogen-bond donors (Lipinski definition) is 1. The van der Waals surface area contributed by atoms with Gasteiger partial charge in [-0.3, -0.25) is 4.90 Å². The molecule has 0 saturated carbocycles. The van der Waals surface area contributed by atoms with Crippen LogP contribution in [0.1, 0.15) is 11.3 Å². The van der Waals surface area contributed by atoms with Crippen molar-refractivity contribution in [3.8, 4) is 0 Å². The third kappa shape index (κ3) is 4.09. The fourth-order valence-electron chi connectivity index (χ4n) is 2.59. The summed E-state index contributed by atoms with van der Waals surface area (Å²) in [6.07, 6.45) is 1.70. The van der Waals surface area contributed by atoms with E-state index >= 15 is 0 Å². The lowest BCUT2D eigenvalue weighted by molar-refractivity contribution is 0.148. The highest BCUT2D eigenvalue weighted by Gasteiger charge is 2.13. The first-order valence-electron chi connectivity index (χ1n) is 7.56. The van der Waals surface area contributed by atoms with Crippen molar-refractivity contribution in [2.24, 2.45) is 0 Å². The van der Waals surface area contributed by atoms with Crippen LogP contribution in [-0.2, 0) is 13.1 Å². The maximum Gasteiger partial charge on any atom is 0.122 e. The zero-order valence-electron chi connectivity index (χ0n) is 12.6. The van der Waals surface area contributed by atoms with Gasteiger partial charge in [0.15, 0.2) is 0 Å². The number of piperazine rings is 1. The molecule has 0 radical (unpaired) electrons. The Balaban J connectivity index is 1.49. The van der Waals surface area contributed by atoms with Crippen LogP contribution in [0.3, 0.4) is 0 Å². The van der Waals surface area contributed by atoms with E-state index in [0.717, 1.165) is 37.6 Å². The van der Waals surface area contributed by atoms with Gasteiger partial charge >= 0.3 is 0 Å². The standard InChI is InChI=1S/C17H23N3O/c1-19-8-10-20(11-9-19)14-15-4-6-16(7-5-15)18-13-17-3-2-12-21-17/h2-7,12,18H,8-11,13-14H2,1H3. The van der Waals surface area contributed by atoms with E-state index < -0.39 is 0 Å². The zero-order valence-corrected chi connectivity index (χ0v) is 12.6. The average molecular weight is 285 g/mol. The molecule has 1 aromatic heterocycles. The van der Waals surface area contributed by atoms with Crippen molar-refractivity contribution >= 4 is 5.69 Å². The minimum Gasteiger partial charge on any atom is -0.467 e. The Kier molecular flexibility index (Phi) is 4.58. The predicted molar refractivity (Wildman–Crippen MR) is 85.3 cm³/mol. The number of furan rings is 1. The summed E-state index contributed by atoms with van der Waals surface area (Å²) in [7, 11) is 2.19. The van der Waals surface area contributed by atoms with Gasteiger partial charge in [-0.15, -0.1) is 0 Å². The molecule has 112 valence electrons. The maximum absolute atomic E-state index is 5.31. The van der Waals surface area contributed by atoms with E-state index in [1.807, 2.05) is 12.1 Å². The van der Waals surface area contributed by atoms with Crippen LogP contribution in [0, 0.1) is 0 Å². The first-order chi connectivity index (χ1) is 10.3. The summed E-state index contributed by atoms with van der Waals surface area (Å²) in [4.78, 5) is 4.91. The van der Waals surface area contributed by atoms with Crippen LogP contribution >= 0.6 is 0 Å². The van der Waals surface area contributed by atoms with E-state index in [-0.39, 0.29) is 0 Å². The fraction of sp³-hybridized carbons (Fsp3) is 0.412. The van der Waals surface area contributed by atoms with Gasteiger partial charge in [0.1, 0.15) is 5.76 Å². The van der Waals surface area contributed by atoms with E-state index in [9.17, 15) is 0 Å². The molecule has 0 bridgehead atoms. The molecule has 1 fully saturated rings. The molecule has 1 N–H and O–H groups in total. The zero-order chi connectivity index (χ0) is 14.5. The average Bonchev–Trinajstić information content (AvgIpc) is 3.02. The van der Waals surface area contributed by atoms with Crippen molar-refractivity contribution in [2.45, 2.75) is 13.1 Å². The smallest absolute Gasteiger partial charge is 0.122 e. The molecule has 1 aromatic carbocycles. The van der Waals surface area contributed by atoms with Gasteiger partial charge in [-0.25, -0.2) is 0 Å². The Morgan fingerprint density at radius 2 is 1.81 bits per heavy atom. The van der Waals surface area contributed by atoms with E-state index in [2.05, 4.69) is 46.4 Å². The number of benzene rings is 1. The van der Waals surface area contributed by atoms with Crippen molar-refractivity contribution in [2.75, 3.05) is 38.5 Å². The van der Waals surface area contributed by atoms with Gasteiger partial charge in [0.2, 0.25) is 0 Å².